The minimum Gasteiger partial charge on any atom is -0.396 e. The van der Waals surface area contributed by atoms with Crippen LogP contribution in [0.15, 0.2) is 0 Å². The fourth-order valence-electron chi connectivity index (χ4n) is 1.99. The zero-order valence-corrected chi connectivity index (χ0v) is 9.42. The molecule has 1 aliphatic carbocycles. The maximum Gasteiger partial charge on any atom is 0.225 e. The Hall–Kier alpha value is -0.570. The van der Waals surface area contributed by atoms with Crippen molar-refractivity contribution in [3.05, 3.63) is 0 Å². The highest BCUT2D eigenvalue weighted by Crippen LogP contribution is 2.30. The molecule has 0 bridgehead atoms. The second kappa shape index (κ2) is 4.30. The molecule has 1 saturated carbocycles. The molecule has 0 atom stereocenters. The molecule has 82 valence electrons. The number of aliphatic hydroxyl groups excluding tert-OH is 1. The van der Waals surface area contributed by atoms with Crippen LogP contribution in [0.5, 0.6) is 0 Å². The molecule has 0 aromatic heterocycles. The predicted molar refractivity (Wildman–Crippen MR) is 55.9 cm³/mol. The Morgan fingerprint density at radius 2 is 2.00 bits per heavy atom. The summed E-state index contributed by atoms with van der Waals surface area (Å²) in [6.07, 6.45) is 3.72. The lowest BCUT2D eigenvalue weighted by Gasteiger charge is -2.46. The number of amides is 1. The van der Waals surface area contributed by atoms with Crippen molar-refractivity contribution in [2.24, 2.45) is 0 Å². The third kappa shape index (κ3) is 2.47. The van der Waals surface area contributed by atoms with Crippen molar-refractivity contribution in [3.8, 4) is 0 Å². The maximum atomic E-state index is 11.8. The van der Waals surface area contributed by atoms with E-state index < -0.39 is 0 Å². The van der Waals surface area contributed by atoms with Gasteiger partial charge in [0.05, 0.1) is 6.61 Å². The Morgan fingerprint density at radius 3 is 2.29 bits per heavy atom. The first-order chi connectivity index (χ1) is 6.46. The summed E-state index contributed by atoms with van der Waals surface area (Å²) in [5, 5.41) is 8.78. The van der Waals surface area contributed by atoms with Crippen molar-refractivity contribution in [2.45, 2.75) is 58.0 Å². The van der Waals surface area contributed by atoms with E-state index in [9.17, 15) is 4.79 Å². The molecule has 0 heterocycles. The fraction of sp³-hybridized carbons (Fsp3) is 0.909. The molecule has 0 aliphatic heterocycles. The Balaban J connectivity index is 2.65. The molecule has 0 aromatic carbocycles. The van der Waals surface area contributed by atoms with Gasteiger partial charge < -0.3 is 10.0 Å². The van der Waals surface area contributed by atoms with E-state index in [1.165, 1.54) is 6.42 Å². The summed E-state index contributed by atoms with van der Waals surface area (Å²) < 4.78 is 0. The second-order valence-electron chi connectivity index (χ2n) is 4.99. The van der Waals surface area contributed by atoms with Gasteiger partial charge in [-0.25, -0.2) is 0 Å². The zero-order chi connectivity index (χ0) is 10.8. The molecular weight excluding hydrogens is 178 g/mol. The van der Waals surface area contributed by atoms with Gasteiger partial charge >= 0.3 is 0 Å². The molecular formula is C11H21NO2. The van der Waals surface area contributed by atoms with E-state index in [1.807, 2.05) is 4.90 Å². The molecule has 0 radical (unpaired) electrons. The lowest BCUT2D eigenvalue weighted by molar-refractivity contribution is -0.142. The average molecular weight is 199 g/mol. The van der Waals surface area contributed by atoms with Crippen molar-refractivity contribution < 1.29 is 9.90 Å². The number of hydrogen-bond donors (Lipinski definition) is 1. The monoisotopic (exact) mass is 199 g/mol. The summed E-state index contributed by atoms with van der Waals surface area (Å²) in [6.45, 7) is 6.12. The molecule has 1 N–H and O–H groups in total. The highest BCUT2D eigenvalue weighted by molar-refractivity contribution is 5.77. The Bertz CT molecular complexity index is 204. The first-order valence-corrected chi connectivity index (χ1v) is 5.40. The highest BCUT2D eigenvalue weighted by Gasteiger charge is 2.35. The number of nitrogens with zero attached hydrogens (tertiary/aromatic N) is 1. The van der Waals surface area contributed by atoms with Gasteiger partial charge in [-0.15, -0.1) is 0 Å². The van der Waals surface area contributed by atoms with E-state index >= 15 is 0 Å². The summed E-state index contributed by atoms with van der Waals surface area (Å²) in [6, 6.07) is 0.411. The standard InChI is InChI=1S/C11H21NO2/c1-11(2,3)12(9-5-4-6-9)10(14)7-8-13/h9,13H,4-8H2,1-3H3. The van der Waals surface area contributed by atoms with E-state index in [4.69, 9.17) is 5.11 Å². The molecule has 1 aliphatic rings. The third-order valence-electron chi connectivity index (χ3n) is 2.76. The normalized spacial score (nSPS) is 17.7. The average Bonchev–Trinajstić information content (AvgIpc) is 1.94. The molecule has 0 aromatic rings. The van der Waals surface area contributed by atoms with Crippen LogP contribution in [0.2, 0.25) is 0 Å². The number of aliphatic hydroxyl groups is 1. The van der Waals surface area contributed by atoms with Crippen LogP contribution in [0.25, 0.3) is 0 Å². The van der Waals surface area contributed by atoms with Crippen LogP contribution in [0, 0.1) is 0 Å². The van der Waals surface area contributed by atoms with Crippen LogP contribution in [-0.2, 0) is 4.79 Å². The first kappa shape index (κ1) is 11.5. The summed E-state index contributed by atoms with van der Waals surface area (Å²) in [5.41, 5.74) is -0.114. The van der Waals surface area contributed by atoms with Gasteiger partial charge in [-0.05, 0) is 40.0 Å². The van der Waals surface area contributed by atoms with Crippen molar-refractivity contribution in [1.82, 2.24) is 4.90 Å². The smallest absolute Gasteiger partial charge is 0.225 e. The minimum absolute atomic E-state index is 0.0435. The molecule has 14 heavy (non-hydrogen) atoms. The lowest BCUT2D eigenvalue weighted by atomic mass is 9.87. The summed E-state index contributed by atoms with van der Waals surface area (Å²) in [7, 11) is 0. The lowest BCUT2D eigenvalue weighted by Crippen LogP contribution is -2.54. The van der Waals surface area contributed by atoms with Crippen LogP contribution in [0.3, 0.4) is 0 Å². The van der Waals surface area contributed by atoms with Crippen molar-refractivity contribution in [1.29, 1.82) is 0 Å². The van der Waals surface area contributed by atoms with Gasteiger partial charge in [-0.1, -0.05) is 0 Å². The van der Waals surface area contributed by atoms with Crippen LogP contribution in [-0.4, -0.2) is 34.1 Å². The van der Waals surface area contributed by atoms with Crippen LogP contribution in [0.4, 0.5) is 0 Å². The molecule has 0 spiro atoms. The SMILES string of the molecule is CC(C)(C)N(C(=O)CCO)C1CCC1. The molecule has 1 fully saturated rings. The van der Waals surface area contributed by atoms with Crippen molar-refractivity contribution >= 4 is 5.91 Å². The van der Waals surface area contributed by atoms with E-state index in [0.29, 0.717) is 6.04 Å². The van der Waals surface area contributed by atoms with E-state index in [-0.39, 0.29) is 24.5 Å². The van der Waals surface area contributed by atoms with E-state index in [1.54, 1.807) is 0 Å². The van der Waals surface area contributed by atoms with E-state index in [0.717, 1.165) is 12.8 Å². The number of carbonyl (C=O) groups is 1. The molecule has 0 saturated heterocycles. The Morgan fingerprint density at radius 1 is 1.43 bits per heavy atom. The van der Waals surface area contributed by atoms with Crippen LogP contribution >= 0.6 is 0 Å². The Kier molecular flexibility index (Phi) is 3.53. The second-order valence-corrected chi connectivity index (χ2v) is 4.99. The van der Waals surface area contributed by atoms with Crippen molar-refractivity contribution in [3.63, 3.8) is 0 Å². The van der Waals surface area contributed by atoms with Gasteiger partial charge in [0.2, 0.25) is 5.91 Å². The van der Waals surface area contributed by atoms with Gasteiger partial charge in [-0.2, -0.15) is 0 Å². The molecule has 0 unspecified atom stereocenters. The quantitative estimate of drug-likeness (QED) is 0.749. The van der Waals surface area contributed by atoms with Crippen LogP contribution in [0.1, 0.15) is 46.5 Å². The molecule has 1 amide bonds. The number of hydrogen-bond acceptors (Lipinski definition) is 2. The largest absolute Gasteiger partial charge is 0.396 e. The summed E-state index contributed by atoms with van der Waals surface area (Å²) in [5.74, 6) is 0.0877. The highest BCUT2D eigenvalue weighted by atomic mass is 16.3. The van der Waals surface area contributed by atoms with Gasteiger partial charge in [0.25, 0.3) is 0 Å². The molecule has 1 rings (SSSR count). The molecule has 3 heteroatoms. The van der Waals surface area contributed by atoms with Gasteiger partial charge in [0.15, 0.2) is 0 Å². The number of rotatable bonds is 3. The van der Waals surface area contributed by atoms with Gasteiger partial charge in [0.1, 0.15) is 0 Å². The first-order valence-electron chi connectivity index (χ1n) is 5.40. The van der Waals surface area contributed by atoms with Crippen molar-refractivity contribution in [2.75, 3.05) is 6.61 Å². The summed E-state index contributed by atoms with van der Waals surface area (Å²) >= 11 is 0. The third-order valence-corrected chi connectivity index (χ3v) is 2.76. The maximum absolute atomic E-state index is 11.8. The topological polar surface area (TPSA) is 40.5 Å². The summed E-state index contributed by atoms with van der Waals surface area (Å²) in [4.78, 5) is 13.7. The zero-order valence-electron chi connectivity index (χ0n) is 9.42. The predicted octanol–water partition coefficient (Wildman–Crippen LogP) is 1.55. The molecule has 3 nitrogen and oxygen atoms in total. The fourth-order valence-corrected chi connectivity index (χ4v) is 1.99. The van der Waals surface area contributed by atoms with Gasteiger partial charge in [0, 0.05) is 18.0 Å². The van der Waals surface area contributed by atoms with E-state index in [2.05, 4.69) is 20.8 Å². The minimum atomic E-state index is -0.114. The van der Waals surface area contributed by atoms with Crippen LogP contribution < -0.4 is 0 Å². The van der Waals surface area contributed by atoms with Gasteiger partial charge in [-0.3, -0.25) is 4.79 Å². The number of carbonyl (C=O) groups excluding carboxylic acids is 1. The Labute approximate surface area is 86.1 Å².